The van der Waals surface area contributed by atoms with E-state index in [-0.39, 0.29) is 32.6 Å². The van der Waals surface area contributed by atoms with E-state index in [1.807, 2.05) is 0 Å². The minimum atomic E-state index is -1.66. The summed E-state index contributed by atoms with van der Waals surface area (Å²) < 4.78 is 60.8. The second-order valence-electron chi connectivity index (χ2n) is 5.89. The molecule has 1 heterocycles. The molecule has 12 heteroatoms. The maximum absolute atomic E-state index is 13.7. The SMILES string of the molecule is COc1cc(C(=O)OCC(=O)Nc2nc3c(F)c(F)c(F)cc3s2)cc(OC)c1OC. The maximum Gasteiger partial charge on any atom is 0.338 e. The molecule has 1 N–H and O–H groups in total. The fraction of sp³-hybridized carbons (Fsp3) is 0.211. The van der Waals surface area contributed by atoms with Gasteiger partial charge in [0.05, 0.1) is 31.6 Å². The second-order valence-corrected chi connectivity index (χ2v) is 6.92. The Bertz CT molecular complexity index is 1140. The van der Waals surface area contributed by atoms with E-state index < -0.39 is 41.5 Å². The van der Waals surface area contributed by atoms with Crippen molar-refractivity contribution in [3.8, 4) is 17.2 Å². The van der Waals surface area contributed by atoms with Crippen molar-refractivity contribution in [2.45, 2.75) is 0 Å². The van der Waals surface area contributed by atoms with Crippen molar-refractivity contribution in [1.29, 1.82) is 0 Å². The number of methoxy groups -OCH3 is 3. The Balaban J connectivity index is 1.69. The number of benzene rings is 2. The van der Waals surface area contributed by atoms with Crippen molar-refractivity contribution in [2.24, 2.45) is 0 Å². The van der Waals surface area contributed by atoms with Gasteiger partial charge < -0.3 is 18.9 Å². The molecule has 0 spiro atoms. The molecular formula is C19H15F3N2O6S. The van der Waals surface area contributed by atoms with Crippen LogP contribution in [0, 0.1) is 17.5 Å². The third kappa shape index (κ3) is 4.48. The summed E-state index contributed by atoms with van der Waals surface area (Å²) in [6.45, 7) is -0.698. The zero-order chi connectivity index (χ0) is 22.7. The summed E-state index contributed by atoms with van der Waals surface area (Å²) in [4.78, 5) is 28.1. The van der Waals surface area contributed by atoms with E-state index in [0.29, 0.717) is 0 Å². The molecule has 164 valence electrons. The number of hydrogen-bond donors (Lipinski definition) is 1. The predicted octanol–water partition coefficient (Wildman–Crippen LogP) is 3.53. The van der Waals surface area contributed by atoms with Gasteiger partial charge in [-0.05, 0) is 18.2 Å². The largest absolute Gasteiger partial charge is 0.493 e. The van der Waals surface area contributed by atoms with Crippen LogP contribution < -0.4 is 19.5 Å². The van der Waals surface area contributed by atoms with E-state index >= 15 is 0 Å². The number of hydrogen-bond acceptors (Lipinski definition) is 8. The molecule has 2 aromatic carbocycles. The lowest BCUT2D eigenvalue weighted by atomic mass is 10.2. The van der Waals surface area contributed by atoms with Gasteiger partial charge in [-0.15, -0.1) is 0 Å². The number of rotatable bonds is 7. The predicted molar refractivity (Wildman–Crippen MR) is 105 cm³/mol. The number of nitrogens with zero attached hydrogens (tertiary/aromatic N) is 1. The molecule has 0 unspecified atom stereocenters. The molecule has 31 heavy (non-hydrogen) atoms. The molecule has 3 aromatic rings. The van der Waals surface area contributed by atoms with Crippen LogP contribution in [0.25, 0.3) is 10.2 Å². The smallest absolute Gasteiger partial charge is 0.338 e. The number of aromatic nitrogens is 1. The lowest BCUT2D eigenvalue weighted by Crippen LogP contribution is -2.21. The first kappa shape index (κ1) is 22.2. The Morgan fingerprint density at radius 2 is 1.65 bits per heavy atom. The zero-order valence-electron chi connectivity index (χ0n) is 16.4. The van der Waals surface area contributed by atoms with Gasteiger partial charge >= 0.3 is 5.97 Å². The Morgan fingerprint density at radius 1 is 1.00 bits per heavy atom. The standard InChI is InChI=1S/C19H15F3N2O6S/c1-27-10-4-8(5-11(28-2)17(10)29-3)18(26)30-7-13(25)23-19-24-16-12(31-19)6-9(20)14(21)15(16)22/h4-6H,7H2,1-3H3,(H,23,24,25). The van der Waals surface area contributed by atoms with Crippen molar-refractivity contribution in [2.75, 3.05) is 33.3 Å². The minimum Gasteiger partial charge on any atom is -0.493 e. The first-order chi connectivity index (χ1) is 14.8. The molecule has 0 bridgehead atoms. The highest BCUT2D eigenvalue weighted by Gasteiger charge is 2.20. The lowest BCUT2D eigenvalue weighted by Gasteiger charge is -2.13. The van der Waals surface area contributed by atoms with Crippen LogP contribution in [-0.2, 0) is 9.53 Å². The molecule has 0 fully saturated rings. The number of halogens is 3. The number of fused-ring (bicyclic) bond motifs is 1. The van der Waals surface area contributed by atoms with Crippen LogP contribution in [0.15, 0.2) is 18.2 Å². The molecule has 3 rings (SSSR count). The number of amides is 1. The fourth-order valence-corrected chi connectivity index (χ4v) is 3.50. The van der Waals surface area contributed by atoms with Crippen LogP contribution in [0.5, 0.6) is 17.2 Å². The third-order valence-electron chi connectivity index (χ3n) is 4.00. The van der Waals surface area contributed by atoms with Gasteiger partial charge in [0.1, 0.15) is 5.52 Å². The van der Waals surface area contributed by atoms with Gasteiger partial charge in [-0.2, -0.15) is 0 Å². The quantitative estimate of drug-likeness (QED) is 0.429. The fourth-order valence-electron chi connectivity index (χ4n) is 2.60. The number of ether oxygens (including phenoxy) is 4. The topological polar surface area (TPSA) is 96.0 Å². The first-order valence-electron chi connectivity index (χ1n) is 8.50. The lowest BCUT2D eigenvalue weighted by molar-refractivity contribution is -0.119. The summed E-state index contributed by atoms with van der Waals surface area (Å²) in [6.07, 6.45) is 0. The van der Waals surface area contributed by atoms with Crippen LogP contribution in [0.1, 0.15) is 10.4 Å². The number of carbonyl (C=O) groups is 2. The van der Waals surface area contributed by atoms with Gasteiger partial charge in [0, 0.05) is 0 Å². The highest BCUT2D eigenvalue weighted by molar-refractivity contribution is 7.22. The molecule has 0 radical (unpaired) electrons. The number of nitrogens with one attached hydrogen (secondary N) is 1. The molecule has 0 aliphatic carbocycles. The molecule has 8 nitrogen and oxygen atoms in total. The van der Waals surface area contributed by atoms with E-state index in [2.05, 4.69) is 10.3 Å². The van der Waals surface area contributed by atoms with Crippen molar-refractivity contribution >= 4 is 38.6 Å². The van der Waals surface area contributed by atoms with E-state index in [0.717, 1.165) is 17.4 Å². The van der Waals surface area contributed by atoms with Crippen LogP contribution >= 0.6 is 11.3 Å². The van der Waals surface area contributed by atoms with Crippen LogP contribution in [-0.4, -0.2) is 44.8 Å². The summed E-state index contributed by atoms with van der Waals surface area (Å²) in [6, 6.07) is 3.47. The van der Waals surface area contributed by atoms with E-state index in [1.54, 1.807) is 0 Å². The van der Waals surface area contributed by atoms with Crippen LogP contribution in [0.4, 0.5) is 18.3 Å². The number of thiazole rings is 1. The molecule has 0 atom stereocenters. The van der Waals surface area contributed by atoms with Crippen molar-refractivity contribution < 1.29 is 41.7 Å². The van der Waals surface area contributed by atoms with Crippen LogP contribution in [0.3, 0.4) is 0 Å². The highest BCUT2D eigenvalue weighted by Crippen LogP contribution is 2.38. The summed E-state index contributed by atoms with van der Waals surface area (Å²) in [5.74, 6) is -5.42. The molecule has 0 saturated heterocycles. The van der Waals surface area contributed by atoms with Gasteiger partial charge in [0.2, 0.25) is 5.75 Å². The van der Waals surface area contributed by atoms with E-state index in [9.17, 15) is 22.8 Å². The summed E-state index contributed by atoms with van der Waals surface area (Å²) >= 11 is 0.730. The van der Waals surface area contributed by atoms with Gasteiger partial charge in [-0.3, -0.25) is 10.1 Å². The van der Waals surface area contributed by atoms with Gasteiger partial charge in [-0.1, -0.05) is 11.3 Å². The molecule has 1 amide bonds. The molecule has 0 saturated carbocycles. The van der Waals surface area contributed by atoms with E-state index in [1.165, 1.54) is 33.5 Å². The monoisotopic (exact) mass is 456 g/mol. The molecule has 0 aliphatic rings. The minimum absolute atomic E-state index is 0.00103. The summed E-state index contributed by atoms with van der Waals surface area (Å²) in [7, 11) is 4.15. The van der Waals surface area contributed by atoms with Gasteiger partial charge in [0.15, 0.2) is 40.7 Å². The Kier molecular flexibility index (Phi) is 6.49. The van der Waals surface area contributed by atoms with Gasteiger partial charge in [0.25, 0.3) is 5.91 Å². The summed E-state index contributed by atoms with van der Waals surface area (Å²) in [5.41, 5.74) is -0.385. The van der Waals surface area contributed by atoms with Crippen molar-refractivity contribution in [1.82, 2.24) is 4.98 Å². The zero-order valence-corrected chi connectivity index (χ0v) is 17.2. The summed E-state index contributed by atoms with van der Waals surface area (Å²) in [5, 5.41) is 2.16. The highest BCUT2D eigenvalue weighted by atomic mass is 32.1. The average molecular weight is 456 g/mol. The van der Waals surface area contributed by atoms with Gasteiger partial charge in [-0.25, -0.2) is 22.9 Å². The Hall–Kier alpha value is -3.54. The Morgan fingerprint density at radius 3 is 2.23 bits per heavy atom. The van der Waals surface area contributed by atoms with E-state index in [4.69, 9.17) is 18.9 Å². The number of carbonyl (C=O) groups excluding carboxylic acids is 2. The second kappa shape index (κ2) is 9.08. The molecule has 0 aliphatic heterocycles. The van der Waals surface area contributed by atoms with Crippen LogP contribution in [0.2, 0.25) is 0 Å². The van der Waals surface area contributed by atoms with Crippen molar-refractivity contribution in [3.63, 3.8) is 0 Å². The maximum atomic E-state index is 13.7. The van der Waals surface area contributed by atoms with Crippen molar-refractivity contribution in [3.05, 3.63) is 41.2 Å². The third-order valence-corrected chi connectivity index (χ3v) is 4.92. The Labute approximate surface area is 177 Å². The first-order valence-corrected chi connectivity index (χ1v) is 9.31. The number of esters is 1. The average Bonchev–Trinajstić information content (AvgIpc) is 3.16. The normalized spacial score (nSPS) is 10.6. The molecular weight excluding hydrogens is 441 g/mol. The number of anilines is 1. The molecule has 1 aromatic heterocycles.